The molecule has 13 heteroatoms. The average molecular weight is 531 g/mol. The predicted octanol–water partition coefficient (Wildman–Crippen LogP) is 1.52. The minimum Gasteiger partial charge on any atom is -0.387 e. The Kier molecular flexibility index (Phi) is 8.62. The lowest BCUT2D eigenvalue weighted by Gasteiger charge is -2.21. The summed E-state index contributed by atoms with van der Waals surface area (Å²) in [5.41, 5.74) is 5.15. The van der Waals surface area contributed by atoms with Gasteiger partial charge in [0.15, 0.2) is 11.9 Å². The van der Waals surface area contributed by atoms with E-state index in [-0.39, 0.29) is 13.2 Å². The summed E-state index contributed by atoms with van der Waals surface area (Å²) < 4.78 is 36.5. The smallest absolute Gasteiger partial charge is 0.387 e. The maximum atomic E-state index is 13.4. The topological polar surface area (TPSA) is 172 Å². The highest BCUT2D eigenvalue weighted by molar-refractivity contribution is 7.48. The summed E-state index contributed by atoms with van der Waals surface area (Å²) in [5, 5.41) is 21.0. The Balaban J connectivity index is 1.47. The minimum absolute atomic E-state index is 0.0749. The lowest BCUT2D eigenvalue weighted by Crippen LogP contribution is -2.38. The van der Waals surface area contributed by atoms with Crippen molar-refractivity contribution >= 4 is 13.7 Å². The minimum atomic E-state index is -4.18. The van der Waals surface area contributed by atoms with Crippen molar-refractivity contribution in [3.8, 4) is 0 Å². The molecule has 1 fully saturated rings. The molecule has 0 spiro atoms. The maximum Gasteiger partial charge on any atom is 0.475 e. The van der Waals surface area contributed by atoms with E-state index in [0.717, 1.165) is 21.9 Å². The van der Waals surface area contributed by atoms with E-state index >= 15 is 0 Å². The van der Waals surface area contributed by atoms with Gasteiger partial charge in [-0.15, -0.1) is 0 Å². The van der Waals surface area contributed by atoms with Gasteiger partial charge in [-0.25, -0.2) is 9.55 Å². The fourth-order valence-corrected chi connectivity index (χ4v) is 4.79. The second kappa shape index (κ2) is 11.9. The molecule has 4 N–H and O–H groups in total. The van der Waals surface area contributed by atoms with E-state index in [1.54, 1.807) is 48.5 Å². The Labute approximate surface area is 211 Å². The third-order valence-corrected chi connectivity index (χ3v) is 6.93. The van der Waals surface area contributed by atoms with Crippen molar-refractivity contribution in [2.24, 2.45) is 5.73 Å². The van der Waals surface area contributed by atoms with Crippen LogP contribution < -0.4 is 11.3 Å². The maximum absolute atomic E-state index is 13.4. The van der Waals surface area contributed by atoms with Gasteiger partial charge in [-0.05, 0) is 11.1 Å². The molecule has 196 valence electrons. The molecular weight excluding hydrogens is 505 g/mol. The van der Waals surface area contributed by atoms with Crippen LogP contribution in [-0.2, 0) is 36.1 Å². The molecule has 1 aromatic heterocycles. The van der Waals surface area contributed by atoms with Crippen molar-refractivity contribution in [2.45, 2.75) is 37.8 Å². The number of aliphatic hydroxyl groups is 2. The van der Waals surface area contributed by atoms with Crippen LogP contribution in [0.3, 0.4) is 0 Å². The Hall–Kier alpha value is -3.22. The quantitative estimate of drug-likeness (QED) is 0.308. The first-order valence-corrected chi connectivity index (χ1v) is 12.7. The summed E-state index contributed by atoms with van der Waals surface area (Å²) in [5.74, 6) is -1.06. The monoisotopic (exact) mass is 531 g/mol. The van der Waals surface area contributed by atoms with Crippen LogP contribution in [0.5, 0.6) is 0 Å². The van der Waals surface area contributed by atoms with Crippen LogP contribution in [0.15, 0.2) is 77.9 Å². The van der Waals surface area contributed by atoms with Crippen molar-refractivity contribution in [3.05, 3.63) is 100 Å². The van der Waals surface area contributed by atoms with E-state index in [9.17, 15) is 24.4 Å². The standard InChI is InChI=1S/C24H26N3O9P/c25-22(30)19-23(31)27(12-11-26-19)24-21(29)20(28)18(36-24)15-35-37(32,33-13-16-7-3-1-4-8-16)34-14-17-9-5-2-6-10-17/h1-12,18,20-21,24,28-29H,13-15H2,(H2,25,30)/t18-,20+,21-,24-/m1/s1. The SMILES string of the molecule is NC(=O)c1nccn([C@@H]2O[C@H](COP(=O)(OCc3ccccc3)OCc3ccccc3)[C@H](O)[C@H]2O)c1=O. The van der Waals surface area contributed by atoms with E-state index in [4.69, 9.17) is 24.0 Å². The average Bonchev–Trinajstić information content (AvgIpc) is 3.19. The second-order valence-corrected chi connectivity index (χ2v) is 9.83. The number of phosphoric acid groups is 1. The lowest BCUT2D eigenvalue weighted by atomic mass is 10.1. The van der Waals surface area contributed by atoms with Crippen LogP contribution in [0.25, 0.3) is 0 Å². The summed E-state index contributed by atoms with van der Waals surface area (Å²) in [6.45, 7) is -0.652. The molecule has 0 unspecified atom stereocenters. The number of hydrogen-bond donors (Lipinski definition) is 3. The Morgan fingerprint density at radius 1 is 0.973 bits per heavy atom. The van der Waals surface area contributed by atoms with Gasteiger partial charge in [0, 0.05) is 12.4 Å². The van der Waals surface area contributed by atoms with E-state index in [0.29, 0.717) is 0 Å². The largest absolute Gasteiger partial charge is 0.475 e. The molecular formula is C24H26N3O9P. The normalized spacial score (nSPS) is 21.7. The van der Waals surface area contributed by atoms with E-state index < -0.39 is 56.1 Å². The van der Waals surface area contributed by atoms with Gasteiger partial charge in [0.1, 0.15) is 18.3 Å². The number of benzene rings is 2. The molecule has 2 heterocycles. The van der Waals surface area contributed by atoms with E-state index in [1.165, 1.54) is 6.20 Å². The summed E-state index contributed by atoms with van der Waals surface area (Å²) in [4.78, 5) is 27.6. The number of aliphatic hydroxyl groups excluding tert-OH is 2. The number of nitrogens with zero attached hydrogens (tertiary/aromatic N) is 2. The number of amides is 1. The third-order valence-electron chi connectivity index (χ3n) is 5.57. The second-order valence-electron chi connectivity index (χ2n) is 8.16. The number of rotatable bonds is 11. The number of phosphoric ester groups is 1. The molecule has 0 saturated carbocycles. The number of hydrogen-bond acceptors (Lipinski definition) is 10. The zero-order chi connectivity index (χ0) is 26.4. The zero-order valence-electron chi connectivity index (χ0n) is 19.5. The molecule has 4 rings (SSSR count). The van der Waals surface area contributed by atoms with Crippen LogP contribution in [0.1, 0.15) is 27.8 Å². The highest BCUT2D eigenvalue weighted by Gasteiger charge is 2.45. The van der Waals surface area contributed by atoms with Gasteiger partial charge in [0.25, 0.3) is 11.5 Å². The highest BCUT2D eigenvalue weighted by Crippen LogP contribution is 2.51. The number of ether oxygens (including phenoxy) is 1. The molecule has 1 aliphatic rings. The van der Waals surface area contributed by atoms with Crippen molar-refractivity contribution < 1.29 is 37.9 Å². The molecule has 1 amide bonds. The Bertz CT molecular complexity index is 1260. The number of aromatic nitrogens is 2. The van der Waals surface area contributed by atoms with Crippen molar-refractivity contribution in [1.82, 2.24) is 9.55 Å². The van der Waals surface area contributed by atoms with Gasteiger partial charge in [0.05, 0.1) is 19.8 Å². The summed E-state index contributed by atoms with van der Waals surface area (Å²) in [7, 11) is -4.18. The van der Waals surface area contributed by atoms with Gasteiger partial charge >= 0.3 is 7.82 Å². The van der Waals surface area contributed by atoms with Gasteiger partial charge in [-0.1, -0.05) is 60.7 Å². The molecule has 2 aromatic carbocycles. The van der Waals surface area contributed by atoms with Crippen LogP contribution >= 0.6 is 7.82 Å². The number of carbonyl (C=O) groups excluding carboxylic acids is 1. The van der Waals surface area contributed by atoms with Crippen LogP contribution in [0, 0.1) is 0 Å². The fraction of sp³-hybridized carbons (Fsp3) is 0.292. The van der Waals surface area contributed by atoms with E-state index in [1.807, 2.05) is 12.1 Å². The number of nitrogens with two attached hydrogens (primary N) is 1. The van der Waals surface area contributed by atoms with Gasteiger partial charge < -0.3 is 20.7 Å². The fourth-order valence-electron chi connectivity index (χ4n) is 3.62. The van der Waals surface area contributed by atoms with Crippen molar-refractivity contribution in [3.63, 3.8) is 0 Å². The molecule has 0 radical (unpaired) electrons. The Morgan fingerprint density at radius 3 is 2.08 bits per heavy atom. The highest BCUT2D eigenvalue weighted by atomic mass is 31.2. The third kappa shape index (κ3) is 6.56. The Morgan fingerprint density at radius 2 is 1.54 bits per heavy atom. The first kappa shape index (κ1) is 26.8. The molecule has 0 bridgehead atoms. The van der Waals surface area contributed by atoms with Crippen LogP contribution in [0.2, 0.25) is 0 Å². The van der Waals surface area contributed by atoms with Crippen LogP contribution in [0.4, 0.5) is 0 Å². The summed E-state index contributed by atoms with van der Waals surface area (Å²) in [6, 6.07) is 17.9. The van der Waals surface area contributed by atoms with Gasteiger partial charge in [-0.3, -0.25) is 27.7 Å². The summed E-state index contributed by atoms with van der Waals surface area (Å²) in [6.07, 6.45) is -3.40. The first-order valence-electron chi connectivity index (χ1n) is 11.3. The molecule has 1 aliphatic heterocycles. The first-order chi connectivity index (χ1) is 17.8. The number of carbonyl (C=O) groups is 1. The van der Waals surface area contributed by atoms with Crippen molar-refractivity contribution in [1.29, 1.82) is 0 Å². The molecule has 3 aromatic rings. The van der Waals surface area contributed by atoms with Crippen molar-refractivity contribution in [2.75, 3.05) is 6.61 Å². The van der Waals surface area contributed by atoms with Crippen LogP contribution in [-0.4, -0.2) is 50.6 Å². The predicted molar refractivity (Wildman–Crippen MR) is 129 cm³/mol. The molecule has 12 nitrogen and oxygen atoms in total. The number of primary amides is 1. The van der Waals surface area contributed by atoms with Gasteiger partial charge in [0.2, 0.25) is 0 Å². The zero-order valence-corrected chi connectivity index (χ0v) is 20.4. The molecule has 37 heavy (non-hydrogen) atoms. The summed E-state index contributed by atoms with van der Waals surface area (Å²) >= 11 is 0. The van der Waals surface area contributed by atoms with Gasteiger partial charge in [-0.2, -0.15) is 0 Å². The lowest BCUT2D eigenvalue weighted by molar-refractivity contribution is -0.0564. The molecule has 1 saturated heterocycles. The van der Waals surface area contributed by atoms with E-state index in [2.05, 4.69) is 4.98 Å². The molecule has 0 aliphatic carbocycles. The molecule has 4 atom stereocenters.